The van der Waals surface area contributed by atoms with E-state index in [1.54, 1.807) is 24.3 Å². The third-order valence-corrected chi connectivity index (χ3v) is 3.15. The molecule has 0 radical (unpaired) electrons. The van der Waals surface area contributed by atoms with Gasteiger partial charge in [-0.1, -0.05) is 48.0 Å². The zero-order valence-corrected chi connectivity index (χ0v) is 10.8. The monoisotopic (exact) mass is 267 g/mol. The number of aromatic nitrogens is 1. The van der Waals surface area contributed by atoms with Crippen molar-refractivity contribution in [2.24, 2.45) is 0 Å². The molecule has 0 aliphatic carbocycles. The third kappa shape index (κ3) is 2.35. The first-order chi connectivity index (χ1) is 9.24. The molecule has 0 bridgehead atoms. The van der Waals surface area contributed by atoms with Crippen molar-refractivity contribution < 1.29 is 4.79 Å². The fourth-order valence-corrected chi connectivity index (χ4v) is 2.14. The summed E-state index contributed by atoms with van der Waals surface area (Å²) >= 11 is 5.92. The topological polar surface area (TPSA) is 30.0 Å². The molecule has 3 aromatic rings. The number of ketones is 1. The maximum atomic E-state index is 12.3. The maximum Gasteiger partial charge on any atom is 0.211 e. The molecule has 0 aliphatic rings. The first-order valence-electron chi connectivity index (χ1n) is 5.90. The fourth-order valence-electron chi connectivity index (χ4n) is 1.96. The lowest BCUT2D eigenvalue weighted by atomic mass is 10.1. The second-order valence-electron chi connectivity index (χ2n) is 4.23. The van der Waals surface area contributed by atoms with Gasteiger partial charge in [0, 0.05) is 16.0 Å². The van der Waals surface area contributed by atoms with Gasteiger partial charge in [0.1, 0.15) is 5.69 Å². The van der Waals surface area contributed by atoms with Crippen molar-refractivity contribution in [1.82, 2.24) is 4.98 Å². The van der Waals surface area contributed by atoms with Crippen LogP contribution in [0.15, 0.2) is 60.7 Å². The van der Waals surface area contributed by atoms with Crippen LogP contribution in [-0.4, -0.2) is 10.8 Å². The summed E-state index contributed by atoms with van der Waals surface area (Å²) in [6, 6.07) is 18.2. The molecule has 0 unspecified atom stereocenters. The normalized spacial score (nSPS) is 10.6. The summed E-state index contributed by atoms with van der Waals surface area (Å²) in [5.74, 6) is -0.0718. The molecule has 1 aromatic heterocycles. The number of rotatable bonds is 2. The summed E-state index contributed by atoms with van der Waals surface area (Å²) in [6.07, 6.45) is 0. The number of benzene rings is 2. The molecule has 0 aliphatic heterocycles. The van der Waals surface area contributed by atoms with Crippen LogP contribution in [0.2, 0.25) is 5.02 Å². The number of hydrogen-bond acceptors (Lipinski definition) is 2. The zero-order chi connectivity index (χ0) is 13.2. The van der Waals surface area contributed by atoms with Crippen LogP contribution in [0.4, 0.5) is 0 Å². The Morgan fingerprint density at radius 2 is 1.74 bits per heavy atom. The van der Waals surface area contributed by atoms with Gasteiger partial charge in [-0.15, -0.1) is 0 Å². The Morgan fingerprint density at radius 1 is 0.947 bits per heavy atom. The van der Waals surface area contributed by atoms with Crippen LogP contribution in [-0.2, 0) is 0 Å². The van der Waals surface area contributed by atoms with E-state index in [1.807, 2.05) is 36.4 Å². The lowest BCUT2D eigenvalue weighted by molar-refractivity contribution is 0.103. The molecular weight excluding hydrogens is 258 g/mol. The number of fused-ring (bicyclic) bond motifs is 1. The van der Waals surface area contributed by atoms with E-state index in [9.17, 15) is 4.79 Å². The highest BCUT2D eigenvalue weighted by Gasteiger charge is 2.10. The highest BCUT2D eigenvalue weighted by atomic mass is 35.5. The van der Waals surface area contributed by atoms with E-state index >= 15 is 0 Å². The average molecular weight is 268 g/mol. The van der Waals surface area contributed by atoms with Gasteiger partial charge in [-0.2, -0.15) is 0 Å². The van der Waals surface area contributed by atoms with Crippen LogP contribution in [0, 0.1) is 0 Å². The van der Waals surface area contributed by atoms with Gasteiger partial charge in [-0.25, -0.2) is 4.98 Å². The van der Waals surface area contributed by atoms with Gasteiger partial charge in [0.05, 0.1) is 5.52 Å². The Labute approximate surface area is 115 Å². The van der Waals surface area contributed by atoms with E-state index in [0.29, 0.717) is 16.3 Å². The lowest BCUT2D eigenvalue weighted by Crippen LogP contribution is -2.03. The predicted molar refractivity (Wildman–Crippen MR) is 76.6 cm³/mol. The molecule has 3 rings (SSSR count). The van der Waals surface area contributed by atoms with E-state index in [1.165, 1.54) is 0 Å². The molecule has 0 saturated carbocycles. The molecule has 3 heteroatoms. The number of carbonyl (C=O) groups excluding carboxylic acids is 1. The molecule has 0 atom stereocenters. The van der Waals surface area contributed by atoms with Crippen molar-refractivity contribution in [2.45, 2.75) is 0 Å². The lowest BCUT2D eigenvalue weighted by Gasteiger charge is -2.03. The van der Waals surface area contributed by atoms with E-state index in [4.69, 9.17) is 11.6 Å². The Hall–Kier alpha value is -2.19. The summed E-state index contributed by atoms with van der Waals surface area (Å²) < 4.78 is 0. The van der Waals surface area contributed by atoms with Crippen LogP contribution in [0.1, 0.15) is 16.1 Å². The predicted octanol–water partition coefficient (Wildman–Crippen LogP) is 4.12. The van der Waals surface area contributed by atoms with Crippen LogP contribution < -0.4 is 0 Å². The summed E-state index contributed by atoms with van der Waals surface area (Å²) in [4.78, 5) is 16.7. The van der Waals surface area contributed by atoms with Gasteiger partial charge in [0.2, 0.25) is 5.78 Å². The van der Waals surface area contributed by atoms with Crippen molar-refractivity contribution in [3.63, 3.8) is 0 Å². The molecule has 92 valence electrons. The Balaban J connectivity index is 2.07. The minimum absolute atomic E-state index is 0.0718. The largest absolute Gasteiger partial charge is 0.287 e. The van der Waals surface area contributed by atoms with Crippen molar-refractivity contribution in [3.05, 3.63) is 76.9 Å². The molecule has 0 saturated heterocycles. The van der Waals surface area contributed by atoms with Crippen LogP contribution in [0.5, 0.6) is 0 Å². The van der Waals surface area contributed by atoms with Crippen molar-refractivity contribution in [3.8, 4) is 0 Å². The van der Waals surface area contributed by atoms with Gasteiger partial charge in [0.15, 0.2) is 0 Å². The third-order valence-electron chi connectivity index (χ3n) is 2.92. The Kier molecular flexibility index (Phi) is 3.02. The SMILES string of the molecule is O=C(c1ccccc1)c1ccc2cc(Cl)ccc2n1. The number of halogens is 1. The summed E-state index contributed by atoms with van der Waals surface area (Å²) in [6.45, 7) is 0. The molecule has 0 fully saturated rings. The molecule has 0 N–H and O–H groups in total. The van der Waals surface area contributed by atoms with E-state index in [0.717, 1.165) is 10.9 Å². The van der Waals surface area contributed by atoms with Crippen LogP contribution in [0.3, 0.4) is 0 Å². The molecule has 0 amide bonds. The van der Waals surface area contributed by atoms with Gasteiger partial charge in [0.25, 0.3) is 0 Å². The van der Waals surface area contributed by atoms with Crippen molar-refractivity contribution in [2.75, 3.05) is 0 Å². The molecular formula is C16H10ClNO. The quantitative estimate of drug-likeness (QED) is 0.654. The highest BCUT2D eigenvalue weighted by Crippen LogP contribution is 2.19. The van der Waals surface area contributed by atoms with Gasteiger partial charge in [-0.05, 0) is 24.3 Å². The van der Waals surface area contributed by atoms with Crippen LogP contribution >= 0.6 is 11.6 Å². The second kappa shape index (κ2) is 4.82. The minimum Gasteiger partial charge on any atom is -0.287 e. The van der Waals surface area contributed by atoms with Crippen molar-refractivity contribution in [1.29, 1.82) is 0 Å². The van der Waals surface area contributed by atoms with Gasteiger partial charge < -0.3 is 0 Å². The minimum atomic E-state index is -0.0718. The van der Waals surface area contributed by atoms with Gasteiger partial charge >= 0.3 is 0 Å². The number of carbonyl (C=O) groups is 1. The number of hydrogen-bond donors (Lipinski definition) is 0. The average Bonchev–Trinajstić information content (AvgIpc) is 2.47. The summed E-state index contributed by atoms with van der Waals surface area (Å²) in [5.41, 5.74) is 1.86. The Bertz CT molecular complexity index is 753. The Morgan fingerprint density at radius 3 is 2.53 bits per heavy atom. The summed E-state index contributed by atoms with van der Waals surface area (Å²) in [7, 11) is 0. The fraction of sp³-hybridized carbons (Fsp3) is 0. The molecule has 19 heavy (non-hydrogen) atoms. The van der Waals surface area contributed by atoms with Crippen molar-refractivity contribution >= 4 is 28.3 Å². The standard InChI is InChI=1S/C16H10ClNO/c17-13-7-9-14-12(10-13)6-8-15(18-14)16(19)11-4-2-1-3-5-11/h1-10H. The first-order valence-corrected chi connectivity index (χ1v) is 6.28. The second-order valence-corrected chi connectivity index (χ2v) is 4.67. The maximum absolute atomic E-state index is 12.3. The molecule has 1 heterocycles. The number of pyridine rings is 1. The number of nitrogens with zero attached hydrogens (tertiary/aromatic N) is 1. The van der Waals surface area contributed by atoms with Crippen LogP contribution in [0.25, 0.3) is 10.9 Å². The van der Waals surface area contributed by atoms with E-state index < -0.39 is 0 Å². The smallest absolute Gasteiger partial charge is 0.211 e. The molecule has 2 aromatic carbocycles. The molecule has 0 spiro atoms. The zero-order valence-electron chi connectivity index (χ0n) is 10.0. The van der Waals surface area contributed by atoms with Gasteiger partial charge in [-0.3, -0.25) is 4.79 Å². The first kappa shape index (κ1) is 11.9. The summed E-state index contributed by atoms with van der Waals surface area (Å²) in [5, 5.41) is 1.59. The highest BCUT2D eigenvalue weighted by molar-refractivity contribution is 6.31. The van der Waals surface area contributed by atoms with E-state index in [2.05, 4.69) is 4.98 Å². The molecule has 2 nitrogen and oxygen atoms in total. The van der Waals surface area contributed by atoms with E-state index in [-0.39, 0.29) is 5.78 Å².